The Morgan fingerprint density at radius 1 is 1.12 bits per heavy atom. The zero-order valence-corrected chi connectivity index (χ0v) is 20.4. The molecule has 1 aromatic heterocycles. The maximum Gasteiger partial charge on any atom is 0.283 e. The highest BCUT2D eigenvalue weighted by Crippen LogP contribution is 2.32. The number of thioether (sulfide) groups is 1. The maximum atomic E-state index is 12.8. The third-order valence-corrected chi connectivity index (χ3v) is 6.77. The number of benzene rings is 1. The van der Waals surface area contributed by atoms with Crippen LogP contribution in [0.4, 0.5) is 0 Å². The summed E-state index contributed by atoms with van der Waals surface area (Å²) in [6, 6.07) is 7.33. The zero-order valence-electron chi connectivity index (χ0n) is 18.1. The molecule has 3 heterocycles. The summed E-state index contributed by atoms with van der Waals surface area (Å²) in [4.78, 5) is 16.9. The van der Waals surface area contributed by atoms with Gasteiger partial charge in [0.15, 0.2) is 5.84 Å². The number of nitrogens with one attached hydrogen (secondary N) is 1. The lowest BCUT2D eigenvalue weighted by atomic mass is 10.1. The number of carbonyl (C=O) groups excluding carboxylic acids is 1. The zero-order chi connectivity index (χ0) is 23.0. The van der Waals surface area contributed by atoms with Gasteiger partial charge in [-0.05, 0) is 74.4 Å². The van der Waals surface area contributed by atoms with E-state index < -0.39 is 5.91 Å². The largest absolute Gasteiger partial charge is 0.318 e. The number of amidine groups is 2. The van der Waals surface area contributed by atoms with Gasteiger partial charge in [-0.15, -0.1) is 0 Å². The lowest BCUT2D eigenvalue weighted by Crippen LogP contribution is -2.35. The van der Waals surface area contributed by atoms with E-state index in [1.54, 1.807) is 12.1 Å². The Morgan fingerprint density at radius 3 is 2.53 bits per heavy atom. The minimum atomic E-state index is -0.422. The minimum Gasteiger partial charge on any atom is -0.318 e. The summed E-state index contributed by atoms with van der Waals surface area (Å²) < 4.78 is 2.02. The van der Waals surface area contributed by atoms with Crippen molar-refractivity contribution in [3.8, 4) is 5.69 Å². The van der Waals surface area contributed by atoms with E-state index >= 15 is 0 Å². The quantitative estimate of drug-likeness (QED) is 0.368. The van der Waals surface area contributed by atoms with Crippen LogP contribution in [0.1, 0.15) is 49.6 Å². The molecule has 0 atom stereocenters. The van der Waals surface area contributed by atoms with Crippen LogP contribution >= 0.6 is 35.0 Å². The molecular weight excluding hydrogens is 465 g/mol. The van der Waals surface area contributed by atoms with Crippen molar-refractivity contribution in [2.24, 2.45) is 10.1 Å². The summed E-state index contributed by atoms with van der Waals surface area (Å²) in [5, 5.41) is 17.0. The Balaban J connectivity index is 1.66. The van der Waals surface area contributed by atoms with Crippen LogP contribution in [0.2, 0.25) is 10.0 Å². The van der Waals surface area contributed by atoms with Crippen molar-refractivity contribution < 1.29 is 4.79 Å². The van der Waals surface area contributed by atoms with E-state index in [2.05, 4.69) is 17.0 Å². The van der Waals surface area contributed by atoms with Gasteiger partial charge in [0.25, 0.3) is 5.91 Å². The fraction of sp³-hybridized carbons (Fsp3) is 0.304. The molecule has 0 spiro atoms. The lowest BCUT2D eigenvalue weighted by molar-refractivity contribution is -0.114. The van der Waals surface area contributed by atoms with Gasteiger partial charge in [0.1, 0.15) is 5.04 Å². The van der Waals surface area contributed by atoms with Crippen LogP contribution in [0.15, 0.2) is 39.9 Å². The topological polar surface area (TPSA) is 73.8 Å². The summed E-state index contributed by atoms with van der Waals surface area (Å²) in [6.45, 7) is 6.08. The first-order valence-electron chi connectivity index (χ1n) is 10.4. The molecule has 0 saturated heterocycles. The van der Waals surface area contributed by atoms with Crippen LogP contribution in [0.3, 0.4) is 0 Å². The molecule has 2 aliphatic heterocycles. The van der Waals surface area contributed by atoms with Gasteiger partial charge in [-0.25, -0.2) is 0 Å². The number of aromatic nitrogens is 1. The highest BCUT2D eigenvalue weighted by molar-refractivity contribution is 8.26. The van der Waals surface area contributed by atoms with Crippen molar-refractivity contribution in [3.05, 3.63) is 56.8 Å². The van der Waals surface area contributed by atoms with Crippen LogP contribution in [-0.2, 0) is 4.79 Å². The SMILES string of the molecule is CCCCCC1=NN2C(=N)/C(=C/c3cc(C)n(-c4cc(Cl)cc(Cl)c4)c3C)C(=O)N=C2S1. The standard InChI is InChI=1S/C23H23Cl2N5OS/c1-4-5-6-7-20-28-30-21(26)19(22(31)27-23(30)32-20)9-15-8-13(2)29(14(15)3)18-11-16(24)10-17(25)12-18/h8-12,26H,4-7H2,1-3H3/b19-9-,26-21?. The molecule has 0 unspecified atom stereocenters. The molecule has 0 bridgehead atoms. The van der Waals surface area contributed by atoms with Crippen molar-refractivity contribution in [1.82, 2.24) is 9.58 Å². The summed E-state index contributed by atoms with van der Waals surface area (Å²) in [5.74, 6) is -0.372. The van der Waals surface area contributed by atoms with E-state index in [9.17, 15) is 4.79 Å². The first-order valence-corrected chi connectivity index (χ1v) is 12.0. The van der Waals surface area contributed by atoms with E-state index in [-0.39, 0.29) is 11.4 Å². The smallest absolute Gasteiger partial charge is 0.283 e. The third-order valence-electron chi connectivity index (χ3n) is 5.37. The molecule has 32 heavy (non-hydrogen) atoms. The number of rotatable bonds is 6. The first-order chi connectivity index (χ1) is 15.3. The highest BCUT2D eigenvalue weighted by Gasteiger charge is 2.35. The van der Waals surface area contributed by atoms with Gasteiger partial charge in [0.05, 0.1) is 5.57 Å². The van der Waals surface area contributed by atoms with E-state index in [0.717, 1.165) is 53.4 Å². The Morgan fingerprint density at radius 2 is 1.84 bits per heavy atom. The molecule has 0 aliphatic carbocycles. The second-order valence-corrected chi connectivity index (χ2v) is 9.67. The van der Waals surface area contributed by atoms with Crippen LogP contribution in [-0.4, -0.2) is 31.5 Å². The Kier molecular flexibility index (Phi) is 6.60. The normalized spacial score (nSPS) is 17.2. The predicted octanol–water partition coefficient (Wildman–Crippen LogP) is 6.60. The number of carbonyl (C=O) groups is 1. The minimum absolute atomic E-state index is 0.0496. The molecule has 6 nitrogen and oxygen atoms in total. The Labute approximate surface area is 201 Å². The average Bonchev–Trinajstić information content (AvgIpc) is 3.24. The molecule has 9 heteroatoms. The van der Waals surface area contributed by atoms with E-state index in [1.165, 1.54) is 16.8 Å². The van der Waals surface area contributed by atoms with Crippen molar-refractivity contribution in [2.75, 3.05) is 0 Å². The van der Waals surface area contributed by atoms with E-state index in [0.29, 0.717) is 15.2 Å². The predicted molar refractivity (Wildman–Crippen MR) is 134 cm³/mol. The number of aliphatic imine (C=N–C) groups is 1. The third kappa shape index (κ3) is 4.42. The number of amides is 1. The molecular formula is C23H23Cl2N5OS. The fourth-order valence-electron chi connectivity index (χ4n) is 3.81. The van der Waals surface area contributed by atoms with Gasteiger partial charge in [-0.3, -0.25) is 10.2 Å². The molecule has 4 rings (SSSR count). The molecule has 1 amide bonds. The second-order valence-electron chi connectivity index (χ2n) is 7.76. The molecule has 2 aromatic rings. The maximum absolute atomic E-state index is 12.8. The molecule has 1 aromatic carbocycles. The summed E-state index contributed by atoms with van der Waals surface area (Å²) in [6.07, 6.45) is 5.83. The highest BCUT2D eigenvalue weighted by atomic mass is 35.5. The number of halogens is 2. The van der Waals surface area contributed by atoms with Crippen LogP contribution < -0.4 is 0 Å². The summed E-state index contributed by atoms with van der Waals surface area (Å²) in [5.41, 5.74) is 3.74. The molecule has 0 fully saturated rings. The number of aryl methyl sites for hydroxylation is 1. The molecule has 0 saturated carbocycles. The fourth-order valence-corrected chi connectivity index (χ4v) is 5.26. The van der Waals surface area contributed by atoms with Gasteiger partial charge in [-0.1, -0.05) is 43.0 Å². The molecule has 0 radical (unpaired) electrons. The number of hydrogen-bond donors (Lipinski definition) is 1. The first kappa shape index (κ1) is 22.8. The Hall–Kier alpha value is -2.35. The van der Waals surface area contributed by atoms with Gasteiger partial charge in [0.2, 0.25) is 5.17 Å². The van der Waals surface area contributed by atoms with Gasteiger partial charge >= 0.3 is 0 Å². The number of unbranched alkanes of at least 4 members (excludes halogenated alkanes) is 2. The number of nitrogens with zero attached hydrogens (tertiary/aromatic N) is 4. The van der Waals surface area contributed by atoms with E-state index in [1.807, 2.05) is 36.6 Å². The summed E-state index contributed by atoms with van der Waals surface area (Å²) >= 11 is 13.8. The number of hydrogen-bond acceptors (Lipinski definition) is 4. The van der Waals surface area contributed by atoms with Gasteiger partial charge in [-0.2, -0.15) is 15.1 Å². The number of hydrazone groups is 1. The lowest BCUT2D eigenvalue weighted by Gasteiger charge is -2.20. The van der Waals surface area contributed by atoms with Gasteiger partial charge in [0, 0.05) is 27.1 Å². The summed E-state index contributed by atoms with van der Waals surface area (Å²) in [7, 11) is 0. The van der Waals surface area contributed by atoms with Crippen molar-refractivity contribution in [3.63, 3.8) is 0 Å². The van der Waals surface area contributed by atoms with Crippen LogP contribution in [0.25, 0.3) is 11.8 Å². The molecule has 166 valence electrons. The van der Waals surface area contributed by atoms with Crippen molar-refractivity contribution >= 4 is 63.0 Å². The van der Waals surface area contributed by atoms with Crippen molar-refractivity contribution in [2.45, 2.75) is 46.5 Å². The van der Waals surface area contributed by atoms with E-state index in [4.69, 9.17) is 28.6 Å². The Bertz CT molecular complexity index is 1190. The molecule has 2 aliphatic rings. The second kappa shape index (κ2) is 9.25. The van der Waals surface area contributed by atoms with Gasteiger partial charge < -0.3 is 4.57 Å². The van der Waals surface area contributed by atoms with Crippen LogP contribution in [0, 0.1) is 19.3 Å². The number of fused-ring (bicyclic) bond motifs is 1. The average molecular weight is 488 g/mol. The van der Waals surface area contributed by atoms with Crippen molar-refractivity contribution in [1.29, 1.82) is 5.41 Å². The monoisotopic (exact) mass is 487 g/mol. The van der Waals surface area contributed by atoms with Crippen LogP contribution in [0.5, 0.6) is 0 Å². The molecule has 1 N–H and O–H groups in total.